The highest BCUT2D eigenvalue weighted by molar-refractivity contribution is 6.31. The van der Waals surface area contributed by atoms with E-state index < -0.39 is 0 Å². The molecule has 1 N–H and O–H groups in total. The third-order valence-corrected chi connectivity index (χ3v) is 3.77. The average Bonchev–Trinajstić information content (AvgIpc) is 2.58. The molecule has 0 bridgehead atoms. The Morgan fingerprint density at radius 2 is 1.88 bits per heavy atom. The summed E-state index contributed by atoms with van der Waals surface area (Å²) in [6.07, 6.45) is 0.156. The minimum atomic E-state index is -0.228. The minimum absolute atomic E-state index is 0.156. The number of rotatable bonds is 7. The first-order valence-electron chi connectivity index (χ1n) is 7.81. The highest BCUT2D eigenvalue weighted by atomic mass is 35.5. The molecule has 0 aliphatic carbocycles. The first kappa shape index (κ1) is 18.3. The van der Waals surface area contributed by atoms with Crippen LogP contribution in [0.5, 0.6) is 5.75 Å². The molecule has 24 heavy (non-hydrogen) atoms. The molecule has 0 fully saturated rings. The molecule has 0 spiro atoms. The van der Waals surface area contributed by atoms with Gasteiger partial charge in [-0.05, 0) is 43.2 Å². The number of benzene rings is 2. The second-order valence-electron chi connectivity index (χ2n) is 5.66. The van der Waals surface area contributed by atoms with Crippen LogP contribution in [0.1, 0.15) is 35.3 Å². The number of hydrogen-bond acceptors (Lipinski definition) is 3. The lowest BCUT2D eigenvalue weighted by Crippen LogP contribution is -2.24. The van der Waals surface area contributed by atoms with E-state index in [0.29, 0.717) is 29.5 Å². The Labute approximate surface area is 147 Å². The molecule has 0 atom stereocenters. The molecule has 0 aromatic heterocycles. The van der Waals surface area contributed by atoms with E-state index in [-0.39, 0.29) is 12.0 Å². The van der Waals surface area contributed by atoms with Gasteiger partial charge >= 0.3 is 0 Å². The predicted octanol–water partition coefficient (Wildman–Crippen LogP) is 4.20. The zero-order chi connectivity index (χ0) is 17.5. The Bertz CT molecular complexity index is 701. The van der Waals surface area contributed by atoms with Crippen LogP contribution in [0.15, 0.2) is 42.5 Å². The Hall–Kier alpha value is -2.04. The van der Waals surface area contributed by atoms with Crippen LogP contribution in [-0.2, 0) is 17.9 Å². The summed E-state index contributed by atoms with van der Waals surface area (Å²) in [6.45, 7) is 4.92. The number of nitrogens with one attached hydrogen (secondary N) is 1. The summed E-state index contributed by atoms with van der Waals surface area (Å²) in [4.78, 5) is 12.4. The Morgan fingerprint density at radius 1 is 1.17 bits per heavy atom. The smallest absolute Gasteiger partial charge is 0.255 e. The lowest BCUT2D eigenvalue weighted by molar-refractivity contribution is 0.0651. The van der Waals surface area contributed by atoms with Crippen LogP contribution in [-0.4, -0.2) is 19.1 Å². The van der Waals surface area contributed by atoms with Crippen molar-refractivity contribution in [2.75, 3.05) is 7.11 Å². The van der Waals surface area contributed by atoms with Crippen molar-refractivity contribution in [1.82, 2.24) is 5.32 Å². The van der Waals surface area contributed by atoms with Gasteiger partial charge in [-0.15, -0.1) is 0 Å². The van der Waals surface area contributed by atoms with E-state index in [1.807, 2.05) is 38.1 Å². The summed E-state index contributed by atoms with van der Waals surface area (Å²) in [5.41, 5.74) is 2.50. The number of methoxy groups -OCH3 is 1. The quantitative estimate of drug-likeness (QED) is 0.816. The number of carbonyl (C=O) groups excluding carboxylic acids is 1. The molecule has 0 saturated carbocycles. The van der Waals surface area contributed by atoms with Crippen LogP contribution in [0, 0.1) is 0 Å². The summed E-state index contributed by atoms with van der Waals surface area (Å²) in [5, 5.41) is 3.40. The zero-order valence-electron chi connectivity index (χ0n) is 14.1. The summed E-state index contributed by atoms with van der Waals surface area (Å²) in [6, 6.07) is 12.9. The summed E-state index contributed by atoms with van der Waals surface area (Å²) in [7, 11) is 1.53. The van der Waals surface area contributed by atoms with Crippen molar-refractivity contribution in [1.29, 1.82) is 0 Å². The highest BCUT2D eigenvalue weighted by Gasteiger charge is 2.13. The van der Waals surface area contributed by atoms with Gasteiger partial charge in [0.15, 0.2) is 0 Å². The molecule has 2 aromatic rings. The van der Waals surface area contributed by atoms with Gasteiger partial charge in [-0.25, -0.2) is 0 Å². The first-order valence-corrected chi connectivity index (χ1v) is 8.19. The number of amides is 1. The molecule has 0 heterocycles. The summed E-state index contributed by atoms with van der Waals surface area (Å²) < 4.78 is 10.9. The van der Waals surface area contributed by atoms with Crippen molar-refractivity contribution < 1.29 is 14.3 Å². The lowest BCUT2D eigenvalue weighted by Gasteiger charge is -2.14. The fourth-order valence-electron chi connectivity index (χ4n) is 2.26. The van der Waals surface area contributed by atoms with Crippen molar-refractivity contribution in [3.05, 3.63) is 64.2 Å². The summed E-state index contributed by atoms with van der Waals surface area (Å²) >= 11 is 5.98. The maximum absolute atomic E-state index is 12.4. The van der Waals surface area contributed by atoms with Crippen LogP contribution in [0.2, 0.25) is 5.02 Å². The second kappa shape index (κ2) is 8.71. The molecular weight excluding hydrogens is 326 g/mol. The summed E-state index contributed by atoms with van der Waals surface area (Å²) in [5.74, 6) is 0.266. The van der Waals surface area contributed by atoms with Gasteiger partial charge in [-0.3, -0.25) is 4.79 Å². The fourth-order valence-corrected chi connectivity index (χ4v) is 2.43. The number of hydrogen-bond donors (Lipinski definition) is 1. The van der Waals surface area contributed by atoms with Gasteiger partial charge in [-0.1, -0.05) is 35.9 Å². The van der Waals surface area contributed by atoms with E-state index in [9.17, 15) is 4.79 Å². The molecule has 0 unspecified atom stereocenters. The van der Waals surface area contributed by atoms with E-state index in [2.05, 4.69) is 5.32 Å². The third kappa shape index (κ3) is 4.98. The number of ether oxygens (including phenoxy) is 2. The third-order valence-electron chi connectivity index (χ3n) is 3.54. The number of halogens is 1. The molecule has 0 aliphatic rings. The Balaban J connectivity index is 2.08. The van der Waals surface area contributed by atoms with Gasteiger partial charge < -0.3 is 14.8 Å². The minimum Gasteiger partial charge on any atom is -0.496 e. The standard InChI is InChI=1S/C19H22ClNO3/c1-13(2)24-12-15-7-5-4-6-14(15)11-21-19(22)17-10-16(20)8-9-18(17)23-3/h4-10,13H,11-12H2,1-3H3,(H,21,22). The van der Waals surface area contributed by atoms with Crippen LogP contribution in [0.4, 0.5) is 0 Å². The van der Waals surface area contributed by atoms with Crippen molar-refractivity contribution in [3.8, 4) is 5.75 Å². The largest absolute Gasteiger partial charge is 0.496 e. The van der Waals surface area contributed by atoms with Crippen LogP contribution >= 0.6 is 11.6 Å². The van der Waals surface area contributed by atoms with Crippen molar-refractivity contribution >= 4 is 17.5 Å². The first-order chi connectivity index (χ1) is 11.5. The van der Waals surface area contributed by atoms with Crippen molar-refractivity contribution in [3.63, 3.8) is 0 Å². The highest BCUT2D eigenvalue weighted by Crippen LogP contribution is 2.22. The molecule has 5 heteroatoms. The SMILES string of the molecule is COc1ccc(Cl)cc1C(=O)NCc1ccccc1COC(C)C. The molecule has 1 amide bonds. The van der Waals surface area contributed by atoms with Gasteiger partial charge in [0.1, 0.15) is 5.75 Å². The van der Waals surface area contributed by atoms with Gasteiger partial charge in [-0.2, -0.15) is 0 Å². The molecule has 4 nitrogen and oxygen atoms in total. The van der Waals surface area contributed by atoms with Crippen molar-refractivity contribution in [2.24, 2.45) is 0 Å². The average molecular weight is 348 g/mol. The maximum Gasteiger partial charge on any atom is 0.255 e. The molecule has 2 aromatic carbocycles. The zero-order valence-corrected chi connectivity index (χ0v) is 14.9. The number of carbonyl (C=O) groups is 1. The van der Waals surface area contributed by atoms with Gasteiger partial charge in [0.05, 0.1) is 25.4 Å². The van der Waals surface area contributed by atoms with E-state index >= 15 is 0 Å². The van der Waals surface area contributed by atoms with E-state index in [1.165, 1.54) is 7.11 Å². The van der Waals surface area contributed by atoms with E-state index in [4.69, 9.17) is 21.1 Å². The van der Waals surface area contributed by atoms with Gasteiger partial charge in [0.2, 0.25) is 0 Å². The lowest BCUT2D eigenvalue weighted by atomic mass is 10.1. The fraction of sp³-hybridized carbons (Fsp3) is 0.316. The molecule has 0 radical (unpaired) electrons. The normalized spacial score (nSPS) is 10.7. The molecular formula is C19H22ClNO3. The van der Waals surface area contributed by atoms with Crippen LogP contribution < -0.4 is 10.1 Å². The monoisotopic (exact) mass is 347 g/mol. The Morgan fingerprint density at radius 3 is 2.54 bits per heavy atom. The van der Waals surface area contributed by atoms with Gasteiger partial charge in [0, 0.05) is 11.6 Å². The Kier molecular flexibility index (Phi) is 6.64. The predicted molar refractivity (Wildman–Crippen MR) is 95.5 cm³/mol. The topological polar surface area (TPSA) is 47.6 Å². The maximum atomic E-state index is 12.4. The molecule has 2 rings (SSSR count). The molecule has 0 saturated heterocycles. The molecule has 0 aliphatic heterocycles. The van der Waals surface area contributed by atoms with Crippen LogP contribution in [0.3, 0.4) is 0 Å². The van der Waals surface area contributed by atoms with Gasteiger partial charge in [0.25, 0.3) is 5.91 Å². The van der Waals surface area contributed by atoms with E-state index in [1.54, 1.807) is 18.2 Å². The molecule has 128 valence electrons. The van der Waals surface area contributed by atoms with Crippen LogP contribution in [0.25, 0.3) is 0 Å². The van der Waals surface area contributed by atoms with E-state index in [0.717, 1.165) is 11.1 Å². The van der Waals surface area contributed by atoms with Crippen molar-refractivity contribution in [2.45, 2.75) is 33.1 Å². The second-order valence-corrected chi connectivity index (χ2v) is 6.09.